The van der Waals surface area contributed by atoms with Gasteiger partial charge in [0.1, 0.15) is 5.78 Å². The van der Waals surface area contributed by atoms with E-state index in [1.807, 2.05) is 19.1 Å². The first-order valence-corrected chi connectivity index (χ1v) is 11.1. The number of hydrogen-bond donors (Lipinski definition) is 3. The molecular formula is C22H34O5S. The van der Waals surface area contributed by atoms with Crippen molar-refractivity contribution in [3.63, 3.8) is 0 Å². The minimum absolute atomic E-state index is 0.0661. The average Bonchev–Trinajstić information content (AvgIpc) is 2.97. The molecule has 5 nitrogen and oxygen atoms in total. The SMILES string of the molecule is C/C=C\CCC/C=C/[C@H]1[C@H](SCCO)CC(=O)[C@@H]1C/C=C\CCC(O)C(=O)O. The summed E-state index contributed by atoms with van der Waals surface area (Å²) in [4.78, 5) is 23.1. The molecule has 0 aromatic carbocycles. The Balaban J connectivity index is 2.61. The summed E-state index contributed by atoms with van der Waals surface area (Å²) in [6, 6.07) is 0. The fraction of sp³-hybridized carbons (Fsp3) is 0.636. The zero-order valence-corrected chi connectivity index (χ0v) is 17.5. The molecule has 0 amide bonds. The van der Waals surface area contributed by atoms with Crippen LogP contribution in [0.5, 0.6) is 0 Å². The molecule has 1 fully saturated rings. The number of hydrogen-bond acceptors (Lipinski definition) is 5. The Hall–Kier alpha value is -1.37. The summed E-state index contributed by atoms with van der Waals surface area (Å²) in [7, 11) is 0. The highest BCUT2D eigenvalue weighted by Gasteiger charge is 2.40. The molecule has 0 bridgehead atoms. The fourth-order valence-corrected chi connectivity index (χ4v) is 4.58. The van der Waals surface area contributed by atoms with Gasteiger partial charge in [0, 0.05) is 23.3 Å². The van der Waals surface area contributed by atoms with Crippen LogP contribution < -0.4 is 0 Å². The Morgan fingerprint density at radius 2 is 1.96 bits per heavy atom. The summed E-state index contributed by atoms with van der Waals surface area (Å²) in [5, 5.41) is 27.3. The number of Topliss-reactive ketones (excluding diaryl/α,β-unsaturated/α-hetero) is 1. The van der Waals surface area contributed by atoms with Gasteiger partial charge in [0.15, 0.2) is 6.10 Å². The Bertz CT molecular complexity index is 555. The van der Waals surface area contributed by atoms with E-state index in [-0.39, 0.29) is 35.9 Å². The highest BCUT2D eigenvalue weighted by molar-refractivity contribution is 8.00. The molecule has 28 heavy (non-hydrogen) atoms. The first-order valence-electron chi connectivity index (χ1n) is 10.1. The smallest absolute Gasteiger partial charge is 0.332 e. The van der Waals surface area contributed by atoms with Crippen LogP contribution >= 0.6 is 11.8 Å². The van der Waals surface area contributed by atoms with E-state index < -0.39 is 12.1 Å². The first kappa shape index (κ1) is 24.7. The highest BCUT2D eigenvalue weighted by atomic mass is 32.2. The van der Waals surface area contributed by atoms with Crippen molar-refractivity contribution in [1.82, 2.24) is 0 Å². The number of carboxylic acids is 1. The van der Waals surface area contributed by atoms with Gasteiger partial charge in [-0.1, -0.05) is 36.5 Å². The van der Waals surface area contributed by atoms with E-state index in [0.29, 0.717) is 25.0 Å². The van der Waals surface area contributed by atoms with Gasteiger partial charge in [-0.2, -0.15) is 11.8 Å². The van der Waals surface area contributed by atoms with Crippen LogP contribution in [0.15, 0.2) is 36.5 Å². The highest BCUT2D eigenvalue weighted by Crippen LogP contribution is 2.40. The third-order valence-corrected chi connectivity index (χ3v) is 6.24. The number of carbonyl (C=O) groups excluding carboxylic acids is 1. The van der Waals surface area contributed by atoms with Crippen LogP contribution in [0.4, 0.5) is 0 Å². The van der Waals surface area contributed by atoms with Gasteiger partial charge in [-0.25, -0.2) is 4.79 Å². The molecule has 1 aliphatic carbocycles. The summed E-state index contributed by atoms with van der Waals surface area (Å²) >= 11 is 1.67. The van der Waals surface area contributed by atoms with Gasteiger partial charge in [0.05, 0.1) is 6.61 Å². The van der Waals surface area contributed by atoms with Gasteiger partial charge in [0.25, 0.3) is 0 Å². The third kappa shape index (κ3) is 9.22. The van der Waals surface area contributed by atoms with Gasteiger partial charge in [0.2, 0.25) is 0 Å². The number of carbonyl (C=O) groups is 2. The van der Waals surface area contributed by atoms with Crippen LogP contribution in [0.2, 0.25) is 0 Å². The van der Waals surface area contributed by atoms with Crippen molar-refractivity contribution in [2.24, 2.45) is 11.8 Å². The lowest BCUT2D eigenvalue weighted by atomic mass is 9.91. The number of rotatable bonds is 14. The summed E-state index contributed by atoms with van der Waals surface area (Å²) < 4.78 is 0. The molecule has 0 aliphatic heterocycles. The summed E-state index contributed by atoms with van der Waals surface area (Å²) in [6.45, 7) is 2.13. The Kier molecular flexibility index (Phi) is 12.9. The van der Waals surface area contributed by atoms with Crippen LogP contribution in [0.3, 0.4) is 0 Å². The van der Waals surface area contributed by atoms with E-state index in [1.54, 1.807) is 11.8 Å². The molecule has 0 spiro atoms. The Labute approximate surface area is 172 Å². The Morgan fingerprint density at radius 3 is 2.64 bits per heavy atom. The number of aliphatic carboxylic acids is 1. The van der Waals surface area contributed by atoms with Crippen molar-refractivity contribution >= 4 is 23.5 Å². The predicted molar refractivity (Wildman–Crippen MR) is 114 cm³/mol. The second-order valence-electron chi connectivity index (χ2n) is 7.05. The van der Waals surface area contributed by atoms with E-state index in [0.717, 1.165) is 19.3 Å². The molecule has 0 saturated heterocycles. The third-order valence-electron chi connectivity index (χ3n) is 4.92. The maximum absolute atomic E-state index is 12.5. The van der Waals surface area contributed by atoms with Gasteiger partial charge < -0.3 is 15.3 Å². The average molecular weight is 411 g/mol. The topological polar surface area (TPSA) is 94.8 Å². The summed E-state index contributed by atoms with van der Waals surface area (Å²) in [6.07, 6.45) is 16.0. The van der Waals surface area contributed by atoms with E-state index in [1.165, 1.54) is 0 Å². The number of aliphatic hydroxyl groups is 2. The van der Waals surface area contributed by atoms with Crippen LogP contribution in [0.1, 0.15) is 51.9 Å². The number of aliphatic hydroxyl groups excluding tert-OH is 2. The lowest BCUT2D eigenvalue weighted by molar-refractivity contribution is -0.146. The maximum atomic E-state index is 12.5. The van der Waals surface area contributed by atoms with Crippen LogP contribution in [0.25, 0.3) is 0 Å². The van der Waals surface area contributed by atoms with Crippen molar-refractivity contribution in [2.75, 3.05) is 12.4 Å². The minimum Gasteiger partial charge on any atom is -0.479 e. The van der Waals surface area contributed by atoms with Crippen LogP contribution in [-0.2, 0) is 9.59 Å². The molecule has 0 radical (unpaired) electrons. The molecule has 1 aliphatic rings. The quantitative estimate of drug-likeness (QED) is 0.298. The molecule has 0 aromatic heterocycles. The van der Waals surface area contributed by atoms with Gasteiger partial charge >= 0.3 is 5.97 Å². The second kappa shape index (κ2) is 14.6. The molecule has 1 rings (SSSR count). The van der Waals surface area contributed by atoms with Crippen molar-refractivity contribution in [3.8, 4) is 0 Å². The van der Waals surface area contributed by atoms with E-state index in [2.05, 4.69) is 24.3 Å². The van der Waals surface area contributed by atoms with Crippen LogP contribution in [-0.4, -0.2) is 50.8 Å². The minimum atomic E-state index is -1.34. The van der Waals surface area contributed by atoms with Gasteiger partial charge in [-0.3, -0.25) is 4.79 Å². The molecule has 158 valence electrons. The second-order valence-corrected chi connectivity index (χ2v) is 8.40. The summed E-state index contributed by atoms with van der Waals surface area (Å²) in [5.41, 5.74) is 0. The number of unbranched alkanes of at least 4 members (excludes halogenated alkanes) is 2. The van der Waals surface area contributed by atoms with E-state index >= 15 is 0 Å². The van der Waals surface area contributed by atoms with Crippen molar-refractivity contribution < 1.29 is 24.9 Å². The number of ketones is 1. The zero-order chi connectivity index (χ0) is 20.8. The van der Waals surface area contributed by atoms with Gasteiger partial charge in [-0.05, 0) is 51.4 Å². The maximum Gasteiger partial charge on any atom is 0.332 e. The van der Waals surface area contributed by atoms with E-state index in [4.69, 9.17) is 10.2 Å². The zero-order valence-electron chi connectivity index (χ0n) is 16.7. The number of carboxylic acid groups (broad SMARTS) is 1. The van der Waals surface area contributed by atoms with Gasteiger partial charge in [-0.15, -0.1) is 0 Å². The Morgan fingerprint density at radius 1 is 1.21 bits per heavy atom. The van der Waals surface area contributed by atoms with Crippen molar-refractivity contribution in [2.45, 2.75) is 63.2 Å². The lowest BCUT2D eigenvalue weighted by Crippen LogP contribution is -2.18. The first-order chi connectivity index (χ1) is 13.5. The summed E-state index contributed by atoms with van der Waals surface area (Å²) in [5.74, 6) is -0.209. The van der Waals surface area contributed by atoms with Crippen molar-refractivity contribution in [1.29, 1.82) is 0 Å². The normalized spacial score (nSPS) is 24.1. The predicted octanol–water partition coefficient (Wildman–Crippen LogP) is 3.76. The molecule has 0 aromatic rings. The molecule has 1 unspecified atom stereocenters. The van der Waals surface area contributed by atoms with E-state index in [9.17, 15) is 14.7 Å². The molecule has 1 saturated carbocycles. The molecule has 0 heterocycles. The molecule has 6 heteroatoms. The molecule has 3 N–H and O–H groups in total. The van der Waals surface area contributed by atoms with Crippen LogP contribution in [0, 0.1) is 11.8 Å². The number of allylic oxidation sites excluding steroid dienone is 6. The molecular weight excluding hydrogens is 376 g/mol. The molecule has 4 atom stereocenters. The largest absolute Gasteiger partial charge is 0.479 e. The standard InChI is InChI=1S/C22H34O5S/c1-2-3-4-5-6-8-12-18-17(20(25)16-21(18)28-15-14-23)11-9-7-10-13-19(24)22(26)27/h2-3,7-9,12,17-19,21,23-24H,4-6,10-11,13-16H2,1H3,(H,26,27)/b3-2-,9-7-,12-8+/t17-,18-,19?,21-/m1/s1. The monoisotopic (exact) mass is 410 g/mol. The number of thioether (sulfide) groups is 1. The van der Waals surface area contributed by atoms with Crippen molar-refractivity contribution in [3.05, 3.63) is 36.5 Å². The fourth-order valence-electron chi connectivity index (χ4n) is 3.39. The lowest BCUT2D eigenvalue weighted by Gasteiger charge is -2.19.